The molecule has 0 aromatic carbocycles. The Bertz CT molecular complexity index is 289. The van der Waals surface area contributed by atoms with Gasteiger partial charge in [0.1, 0.15) is 12.4 Å². The number of carbonyl (C=O) groups excluding carboxylic acids is 1. The summed E-state index contributed by atoms with van der Waals surface area (Å²) in [6.45, 7) is 13.4. The highest BCUT2D eigenvalue weighted by atomic mass is 16.6. The molecular formula is C11H16O3. The maximum Gasteiger partial charge on any atom is 0.348 e. The third kappa shape index (κ3) is 1.97. The molecule has 3 nitrogen and oxygen atoms in total. The average Bonchev–Trinajstić information content (AvgIpc) is 2.31. The van der Waals surface area contributed by atoms with Crippen LogP contribution in [0.25, 0.3) is 0 Å². The normalized spacial score (nSPS) is 24.2. The molecule has 0 aromatic rings. The second-order valence-electron chi connectivity index (χ2n) is 4.30. The number of cyclic esters (lactones) is 1. The van der Waals surface area contributed by atoms with Crippen molar-refractivity contribution >= 4 is 5.97 Å². The van der Waals surface area contributed by atoms with E-state index in [1.54, 1.807) is 6.92 Å². The second-order valence-corrected chi connectivity index (χ2v) is 4.30. The zero-order chi connectivity index (χ0) is 10.9. The van der Waals surface area contributed by atoms with Gasteiger partial charge < -0.3 is 9.47 Å². The van der Waals surface area contributed by atoms with Gasteiger partial charge in [-0.1, -0.05) is 27.0 Å². The molecule has 0 bridgehead atoms. The third-order valence-electron chi connectivity index (χ3n) is 2.25. The van der Waals surface area contributed by atoms with E-state index in [2.05, 4.69) is 13.2 Å². The number of ether oxygens (including phenoxy) is 2. The molecule has 1 unspecified atom stereocenters. The standard InChI is InChI=1S/C11H16O3/c1-7(2)8(3)14-9-10(12)13-6-11(9,4)5/h9H,1,3,6H2,2,4-5H3. The molecular weight excluding hydrogens is 180 g/mol. The van der Waals surface area contributed by atoms with E-state index in [9.17, 15) is 4.79 Å². The van der Waals surface area contributed by atoms with Crippen LogP contribution in [0.4, 0.5) is 0 Å². The van der Waals surface area contributed by atoms with Crippen LogP contribution in [0, 0.1) is 5.41 Å². The van der Waals surface area contributed by atoms with E-state index in [0.29, 0.717) is 12.4 Å². The highest BCUT2D eigenvalue weighted by molar-refractivity contribution is 5.78. The van der Waals surface area contributed by atoms with Crippen LogP contribution in [0.15, 0.2) is 24.5 Å². The van der Waals surface area contributed by atoms with Crippen LogP contribution >= 0.6 is 0 Å². The highest BCUT2D eigenvalue weighted by Gasteiger charge is 2.45. The highest BCUT2D eigenvalue weighted by Crippen LogP contribution is 2.32. The van der Waals surface area contributed by atoms with Crippen molar-refractivity contribution < 1.29 is 14.3 Å². The first-order valence-electron chi connectivity index (χ1n) is 4.52. The van der Waals surface area contributed by atoms with Crippen molar-refractivity contribution in [2.24, 2.45) is 5.41 Å². The molecule has 0 saturated carbocycles. The van der Waals surface area contributed by atoms with Crippen LogP contribution in [0.5, 0.6) is 0 Å². The zero-order valence-corrected chi connectivity index (χ0v) is 8.92. The SMILES string of the molecule is C=C(C)C(=C)OC1C(=O)OCC1(C)C. The van der Waals surface area contributed by atoms with Gasteiger partial charge in [0.15, 0.2) is 0 Å². The van der Waals surface area contributed by atoms with Gasteiger partial charge in [-0.25, -0.2) is 4.79 Å². The summed E-state index contributed by atoms with van der Waals surface area (Å²) in [5, 5.41) is 0. The van der Waals surface area contributed by atoms with Crippen molar-refractivity contribution in [2.45, 2.75) is 26.9 Å². The van der Waals surface area contributed by atoms with Gasteiger partial charge >= 0.3 is 5.97 Å². The summed E-state index contributed by atoms with van der Waals surface area (Å²) in [5.74, 6) is 0.124. The fourth-order valence-electron chi connectivity index (χ4n) is 1.18. The number of esters is 1. The molecule has 1 rings (SSSR count). The molecule has 1 saturated heterocycles. The van der Waals surface area contributed by atoms with Gasteiger partial charge in [0.25, 0.3) is 0 Å². The smallest absolute Gasteiger partial charge is 0.348 e. The first-order chi connectivity index (χ1) is 6.34. The van der Waals surface area contributed by atoms with Crippen molar-refractivity contribution in [2.75, 3.05) is 6.61 Å². The van der Waals surface area contributed by atoms with Gasteiger partial charge in [-0.15, -0.1) is 0 Å². The number of hydrogen-bond acceptors (Lipinski definition) is 3. The van der Waals surface area contributed by atoms with Gasteiger partial charge in [-0.2, -0.15) is 0 Å². The molecule has 1 atom stereocenters. The lowest BCUT2D eigenvalue weighted by Gasteiger charge is -2.23. The summed E-state index contributed by atoms with van der Waals surface area (Å²) >= 11 is 0. The molecule has 0 aliphatic carbocycles. The Labute approximate surface area is 84.4 Å². The van der Waals surface area contributed by atoms with Gasteiger partial charge in [0, 0.05) is 5.41 Å². The van der Waals surface area contributed by atoms with Crippen molar-refractivity contribution in [1.82, 2.24) is 0 Å². The molecule has 0 aromatic heterocycles. The van der Waals surface area contributed by atoms with Gasteiger partial charge in [-0.05, 0) is 12.5 Å². The molecule has 1 aliphatic rings. The zero-order valence-electron chi connectivity index (χ0n) is 8.92. The minimum Gasteiger partial charge on any atom is -0.478 e. The van der Waals surface area contributed by atoms with E-state index in [0.717, 1.165) is 5.57 Å². The minimum absolute atomic E-state index is 0.296. The summed E-state index contributed by atoms with van der Waals surface area (Å²) < 4.78 is 10.4. The largest absolute Gasteiger partial charge is 0.478 e. The molecule has 0 amide bonds. The lowest BCUT2D eigenvalue weighted by molar-refractivity contribution is -0.145. The van der Waals surface area contributed by atoms with E-state index >= 15 is 0 Å². The molecule has 14 heavy (non-hydrogen) atoms. The molecule has 1 aliphatic heterocycles. The lowest BCUT2D eigenvalue weighted by Crippen LogP contribution is -2.32. The van der Waals surface area contributed by atoms with Crippen LogP contribution in [-0.4, -0.2) is 18.7 Å². The molecule has 1 heterocycles. The van der Waals surface area contributed by atoms with Crippen LogP contribution in [0.1, 0.15) is 20.8 Å². The Kier molecular flexibility index (Phi) is 2.69. The first kappa shape index (κ1) is 10.8. The minimum atomic E-state index is -0.563. The van der Waals surface area contributed by atoms with Crippen LogP contribution in [0.3, 0.4) is 0 Å². The molecule has 0 N–H and O–H groups in total. The Balaban J connectivity index is 2.72. The summed E-state index contributed by atoms with van der Waals surface area (Å²) in [4.78, 5) is 11.3. The van der Waals surface area contributed by atoms with E-state index in [1.807, 2.05) is 13.8 Å². The van der Waals surface area contributed by atoms with Crippen molar-refractivity contribution in [3.05, 3.63) is 24.5 Å². The first-order valence-corrected chi connectivity index (χ1v) is 4.52. The predicted octanol–water partition coefficient (Wildman–Crippen LogP) is 2.04. The number of carbonyl (C=O) groups is 1. The number of rotatable bonds is 3. The molecule has 3 heteroatoms. The quantitative estimate of drug-likeness (QED) is 0.393. The molecule has 1 fully saturated rings. The van der Waals surface area contributed by atoms with E-state index in [1.165, 1.54) is 0 Å². The summed E-state index contributed by atoms with van der Waals surface area (Å²) in [7, 11) is 0. The Morgan fingerprint density at radius 2 is 2.14 bits per heavy atom. The van der Waals surface area contributed by atoms with Crippen molar-refractivity contribution in [3.63, 3.8) is 0 Å². The topological polar surface area (TPSA) is 35.5 Å². The van der Waals surface area contributed by atoms with Crippen molar-refractivity contribution in [1.29, 1.82) is 0 Å². The Morgan fingerprint density at radius 3 is 2.50 bits per heavy atom. The Hall–Kier alpha value is -1.25. The van der Waals surface area contributed by atoms with E-state index < -0.39 is 6.10 Å². The summed E-state index contributed by atoms with van der Waals surface area (Å²) in [6.07, 6.45) is -0.563. The van der Waals surface area contributed by atoms with Crippen LogP contribution in [-0.2, 0) is 14.3 Å². The fourth-order valence-corrected chi connectivity index (χ4v) is 1.18. The Morgan fingerprint density at radius 1 is 1.57 bits per heavy atom. The van der Waals surface area contributed by atoms with Crippen LogP contribution in [0.2, 0.25) is 0 Å². The average molecular weight is 196 g/mol. The lowest BCUT2D eigenvalue weighted by atomic mass is 9.90. The van der Waals surface area contributed by atoms with E-state index in [-0.39, 0.29) is 11.4 Å². The summed E-state index contributed by atoms with van der Waals surface area (Å²) in [6, 6.07) is 0. The predicted molar refractivity (Wildman–Crippen MR) is 53.6 cm³/mol. The monoisotopic (exact) mass is 196 g/mol. The maximum atomic E-state index is 11.3. The second kappa shape index (κ2) is 3.48. The molecule has 0 spiro atoms. The number of hydrogen-bond donors (Lipinski definition) is 0. The van der Waals surface area contributed by atoms with Gasteiger partial charge in [0.2, 0.25) is 6.10 Å². The third-order valence-corrected chi connectivity index (χ3v) is 2.25. The summed E-state index contributed by atoms with van der Waals surface area (Å²) in [5.41, 5.74) is 0.427. The van der Waals surface area contributed by atoms with E-state index in [4.69, 9.17) is 9.47 Å². The fraction of sp³-hybridized carbons (Fsp3) is 0.545. The molecule has 0 radical (unpaired) electrons. The van der Waals surface area contributed by atoms with Gasteiger partial charge in [0.05, 0.1) is 0 Å². The molecule has 78 valence electrons. The number of allylic oxidation sites excluding steroid dienone is 1. The van der Waals surface area contributed by atoms with Crippen LogP contribution < -0.4 is 0 Å². The van der Waals surface area contributed by atoms with Gasteiger partial charge in [-0.3, -0.25) is 0 Å². The van der Waals surface area contributed by atoms with Crippen molar-refractivity contribution in [3.8, 4) is 0 Å². The maximum absolute atomic E-state index is 11.3.